The van der Waals surface area contributed by atoms with Crippen LogP contribution in [0.2, 0.25) is 0 Å². The third-order valence-electron chi connectivity index (χ3n) is 3.25. The van der Waals surface area contributed by atoms with Crippen LogP contribution in [-0.2, 0) is 20.7 Å². The first kappa shape index (κ1) is 18.6. The Bertz CT molecular complexity index is 554. The SMILES string of the molecule is COC(=O)CCN(CC(C)C)C(=O)Cc1ccc([N+](=O)[O-])cc1. The highest BCUT2D eigenvalue weighted by Crippen LogP contribution is 2.13. The molecule has 0 aromatic heterocycles. The number of esters is 1. The number of amides is 1. The third kappa shape index (κ3) is 6.46. The van der Waals surface area contributed by atoms with E-state index in [0.717, 1.165) is 0 Å². The number of nitrogens with zero attached hydrogens (tertiary/aromatic N) is 2. The summed E-state index contributed by atoms with van der Waals surface area (Å²) in [6.07, 6.45) is 0.293. The largest absolute Gasteiger partial charge is 0.469 e. The van der Waals surface area contributed by atoms with Gasteiger partial charge in [0.2, 0.25) is 5.91 Å². The van der Waals surface area contributed by atoms with E-state index in [-0.39, 0.29) is 36.3 Å². The summed E-state index contributed by atoms with van der Waals surface area (Å²) in [7, 11) is 1.31. The van der Waals surface area contributed by atoms with Gasteiger partial charge in [0.25, 0.3) is 5.69 Å². The molecule has 1 amide bonds. The molecule has 1 aromatic carbocycles. The smallest absolute Gasteiger partial charge is 0.307 e. The van der Waals surface area contributed by atoms with E-state index in [4.69, 9.17) is 0 Å². The molecule has 0 radical (unpaired) electrons. The van der Waals surface area contributed by atoms with Crippen molar-refractivity contribution in [2.45, 2.75) is 26.7 Å². The minimum Gasteiger partial charge on any atom is -0.469 e. The van der Waals surface area contributed by atoms with Gasteiger partial charge < -0.3 is 9.64 Å². The van der Waals surface area contributed by atoms with E-state index >= 15 is 0 Å². The van der Waals surface area contributed by atoms with Crippen LogP contribution in [0.3, 0.4) is 0 Å². The van der Waals surface area contributed by atoms with Crippen molar-refractivity contribution in [1.82, 2.24) is 4.90 Å². The highest BCUT2D eigenvalue weighted by molar-refractivity contribution is 5.79. The molecular formula is C16H22N2O5. The molecule has 0 spiro atoms. The molecule has 126 valence electrons. The second-order valence-corrected chi connectivity index (χ2v) is 5.66. The van der Waals surface area contributed by atoms with Crippen LogP contribution in [0.1, 0.15) is 25.8 Å². The Hall–Kier alpha value is -2.44. The van der Waals surface area contributed by atoms with Crippen molar-refractivity contribution < 1.29 is 19.2 Å². The number of ether oxygens (including phenoxy) is 1. The molecule has 23 heavy (non-hydrogen) atoms. The molecular weight excluding hydrogens is 300 g/mol. The van der Waals surface area contributed by atoms with Gasteiger partial charge in [-0.15, -0.1) is 0 Å². The van der Waals surface area contributed by atoms with E-state index in [9.17, 15) is 19.7 Å². The third-order valence-corrected chi connectivity index (χ3v) is 3.25. The van der Waals surface area contributed by atoms with Crippen molar-refractivity contribution in [2.24, 2.45) is 5.92 Å². The van der Waals surface area contributed by atoms with Crippen molar-refractivity contribution in [1.29, 1.82) is 0 Å². The quantitative estimate of drug-likeness (QED) is 0.416. The molecule has 0 atom stereocenters. The first-order valence-corrected chi connectivity index (χ1v) is 7.41. The second kappa shape index (κ2) is 8.87. The van der Waals surface area contributed by atoms with E-state index < -0.39 is 4.92 Å². The highest BCUT2D eigenvalue weighted by atomic mass is 16.6. The van der Waals surface area contributed by atoms with E-state index in [1.54, 1.807) is 17.0 Å². The Morgan fingerprint density at radius 1 is 1.26 bits per heavy atom. The second-order valence-electron chi connectivity index (χ2n) is 5.66. The van der Waals surface area contributed by atoms with E-state index in [0.29, 0.717) is 18.7 Å². The Labute approximate surface area is 135 Å². The van der Waals surface area contributed by atoms with Gasteiger partial charge in [-0.1, -0.05) is 26.0 Å². The van der Waals surface area contributed by atoms with Crippen LogP contribution in [0.25, 0.3) is 0 Å². The molecule has 0 unspecified atom stereocenters. The molecule has 0 fully saturated rings. The van der Waals surface area contributed by atoms with Crippen molar-refractivity contribution in [3.05, 3.63) is 39.9 Å². The molecule has 1 aromatic rings. The summed E-state index contributed by atoms with van der Waals surface area (Å²) in [5.74, 6) is -0.202. The number of non-ortho nitro benzene ring substituents is 1. The van der Waals surface area contributed by atoms with Crippen LogP contribution in [0.4, 0.5) is 5.69 Å². The van der Waals surface area contributed by atoms with Gasteiger partial charge in [-0.05, 0) is 11.5 Å². The Kier molecular flexibility index (Phi) is 7.18. The van der Waals surface area contributed by atoms with Gasteiger partial charge >= 0.3 is 5.97 Å². The summed E-state index contributed by atoms with van der Waals surface area (Å²) in [5, 5.41) is 10.6. The fourth-order valence-electron chi connectivity index (χ4n) is 2.11. The van der Waals surface area contributed by atoms with Gasteiger partial charge in [-0.25, -0.2) is 0 Å². The summed E-state index contributed by atoms with van der Waals surface area (Å²) in [6, 6.07) is 5.90. The molecule has 0 aliphatic rings. The molecule has 0 bridgehead atoms. The molecule has 0 aliphatic heterocycles. The standard InChI is InChI=1S/C16H22N2O5/c1-12(2)11-17(9-8-16(20)23-3)15(19)10-13-4-6-14(7-5-13)18(21)22/h4-7,12H,8-11H2,1-3H3. The van der Waals surface area contributed by atoms with Crippen molar-refractivity contribution >= 4 is 17.6 Å². The van der Waals surface area contributed by atoms with Gasteiger partial charge in [-0.3, -0.25) is 19.7 Å². The topological polar surface area (TPSA) is 89.8 Å². The van der Waals surface area contributed by atoms with E-state index in [2.05, 4.69) is 4.74 Å². The van der Waals surface area contributed by atoms with Crippen molar-refractivity contribution in [3.63, 3.8) is 0 Å². The Balaban J connectivity index is 2.71. The fourth-order valence-corrected chi connectivity index (χ4v) is 2.11. The van der Waals surface area contributed by atoms with E-state index in [1.165, 1.54) is 19.2 Å². The lowest BCUT2D eigenvalue weighted by atomic mass is 10.1. The lowest BCUT2D eigenvalue weighted by molar-refractivity contribution is -0.384. The normalized spacial score (nSPS) is 10.4. The number of rotatable bonds is 8. The average Bonchev–Trinajstić information content (AvgIpc) is 2.51. The van der Waals surface area contributed by atoms with Gasteiger partial charge in [0.1, 0.15) is 0 Å². The minimum absolute atomic E-state index is 0.00840. The summed E-state index contributed by atoms with van der Waals surface area (Å²) >= 11 is 0. The number of carbonyl (C=O) groups is 2. The van der Waals surface area contributed by atoms with Crippen LogP contribution in [0.15, 0.2) is 24.3 Å². The van der Waals surface area contributed by atoms with Gasteiger partial charge in [-0.2, -0.15) is 0 Å². The average molecular weight is 322 g/mol. The number of benzene rings is 1. The fraction of sp³-hybridized carbons (Fsp3) is 0.500. The number of hydrogen-bond donors (Lipinski definition) is 0. The lowest BCUT2D eigenvalue weighted by Crippen LogP contribution is -2.37. The Morgan fingerprint density at radius 3 is 2.35 bits per heavy atom. The molecule has 7 nitrogen and oxygen atoms in total. The van der Waals surface area contributed by atoms with Gasteiger partial charge in [0.15, 0.2) is 0 Å². The molecule has 0 saturated heterocycles. The van der Waals surface area contributed by atoms with Crippen molar-refractivity contribution in [3.8, 4) is 0 Å². The number of nitro groups is 1. The maximum atomic E-state index is 12.4. The number of methoxy groups -OCH3 is 1. The minimum atomic E-state index is -0.479. The summed E-state index contributed by atoms with van der Waals surface area (Å²) in [5.41, 5.74) is 0.693. The monoisotopic (exact) mass is 322 g/mol. The van der Waals surface area contributed by atoms with Crippen LogP contribution < -0.4 is 0 Å². The summed E-state index contributed by atoms with van der Waals surface area (Å²) in [4.78, 5) is 35.4. The number of nitro benzene ring substituents is 1. The predicted octanol–water partition coefficient (Wildman–Crippen LogP) is 2.18. The first-order valence-electron chi connectivity index (χ1n) is 7.41. The van der Waals surface area contributed by atoms with Crippen LogP contribution >= 0.6 is 0 Å². The summed E-state index contributed by atoms with van der Waals surface area (Å²) < 4.78 is 4.60. The number of carbonyl (C=O) groups excluding carboxylic acids is 2. The maximum Gasteiger partial charge on any atom is 0.307 e. The zero-order chi connectivity index (χ0) is 17.4. The molecule has 0 aliphatic carbocycles. The van der Waals surface area contributed by atoms with Crippen molar-refractivity contribution in [2.75, 3.05) is 20.2 Å². The zero-order valence-corrected chi connectivity index (χ0v) is 13.7. The summed E-state index contributed by atoms with van der Waals surface area (Å²) in [6.45, 7) is 4.83. The molecule has 7 heteroatoms. The lowest BCUT2D eigenvalue weighted by Gasteiger charge is -2.24. The van der Waals surface area contributed by atoms with Crippen LogP contribution in [0, 0.1) is 16.0 Å². The molecule has 0 N–H and O–H groups in total. The molecule has 0 heterocycles. The molecule has 1 rings (SSSR count). The predicted molar refractivity (Wildman–Crippen MR) is 84.9 cm³/mol. The first-order chi connectivity index (χ1) is 10.8. The van der Waals surface area contributed by atoms with Gasteiger partial charge in [0, 0.05) is 25.2 Å². The Morgan fingerprint density at radius 2 is 1.87 bits per heavy atom. The van der Waals surface area contributed by atoms with Crippen LogP contribution in [-0.4, -0.2) is 41.9 Å². The highest BCUT2D eigenvalue weighted by Gasteiger charge is 2.17. The number of hydrogen-bond acceptors (Lipinski definition) is 5. The molecule has 0 saturated carbocycles. The zero-order valence-electron chi connectivity index (χ0n) is 13.7. The van der Waals surface area contributed by atoms with Gasteiger partial charge in [0.05, 0.1) is 24.9 Å². The maximum absolute atomic E-state index is 12.4. The van der Waals surface area contributed by atoms with E-state index in [1.807, 2.05) is 13.8 Å². The van der Waals surface area contributed by atoms with Crippen LogP contribution in [0.5, 0.6) is 0 Å².